The Labute approximate surface area is 70.8 Å². The predicted octanol–water partition coefficient (Wildman–Crippen LogP) is 1.85. The first-order valence-corrected chi connectivity index (χ1v) is 5.88. The van der Waals surface area contributed by atoms with E-state index in [-0.39, 0.29) is 5.75 Å². The van der Waals surface area contributed by atoms with Gasteiger partial charge >= 0.3 is 0 Å². The fraction of sp³-hybridized carbons (Fsp3) is 0.429. The Balaban J connectivity index is 3.22. The van der Waals surface area contributed by atoms with Gasteiger partial charge in [-0.2, -0.15) is 0 Å². The van der Waals surface area contributed by atoms with Crippen molar-refractivity contribution in [2.75, 3.05) is 5.75 Å². The molecule has 2 nitrogen and oxygen atoms in total. The van der Waals surface area contributed by atoms with Crippen molar-refractivity contribution in [3.8, 4) is 0 Å². The van der Waals surface area contributed by atoms with Gasteiger partial charge in [0.25, 0.3) is 0 Å². The summed E-state index contributed by atoms with van der Waals surface area (Å²) in [6.07, 6.45) is 0. The second-order valence-corrected chi connectivity index (χ2v) is 5.61. The molecule has 4 heteroatoms. The molecule has 0 atom stereocenters. The molecule has 0 radical (unpaired) electrons. The lowest BCUT2D eigenvalue weighted by Gasteiger charge is -1.97. The number of rotatable bonds is 2. The molecule has 0 aliphatic heterocycles. The van der Waals surface area contributed by atoms with E-state index in [1.165, 1.54) is 11.3 Å². The topological polar surface area (TPSA) is 34.1 Å². The Kier molecular flexibility index (Phi) is 2.34. The minimum Gasteiger partial charge on any atom is -0.224 e. The summed E-state index contributed by atoms with van der Waals surface area (Å²) in [7, 11) is -2.98. The molecule has 1 rings (SSSR count). The normalized spacial score (nSPS) is 11.8. The number of hydrogen-bond acceptors (Lipinski definition) is 3. The predicted molar refractivity (Wildman–Crippen MR) is 46.8 cm³/mol. The summed E-state index contributed by atoms with van der Waals surface area (Å²) in [5.41, 5.74) is 0. The third kappa shape index (κ3) is 1.62. The maximum atomic E-state index is 11.3. The van der Waals surface area contributed by atoms with Crippen LogP contribution in [0.15, 0.2) is 16.3 Å². The molecular formula is C7H10O2S2. The van der Waals surface area contributed by atoms with Gasteiger partial charge in [-0.3, -0.25) is 0 Å². The first kappa shape index (κ1) is 8.74. The van der Waals surface area contributed by atoms with E-state index in [9.17, 15) is 8.42 Å². The van der Waals surface area contributed by atoms with Crippen molar-refractivity contribution in [3.05, 3.63) is 16.3 Å². The molecule has 11 heavy (non-hydrogen) atoms. The van der Waals surface area contributed by atoms with Crippen LogP contribution >= 0.6 is 11.3 Å². The highest BCUT2D eigenvalue weighted by Crippen LogP contribution is 2.21. The zero-order valence-electron chi connectivity index (χ0n) is 6.49. The van der Waals surface area contributed by atoms with Crippen molar-refractivity contribution in [1.29, 1.82) is 0 Å². The van der Waals surface area contributed by atoms with Crippen LogP contribution in [0.1, 0.15) is 11.8 Å². The van der Waals surface area contributed by atoms with E-state index in [1.807, 2.05) is 6.92 Å². The van der Waals surface area contributed by atoms with E-state index in [4.69, 9.17) is 0 Å². The molecule has 0 saturated heterocycles. The molecule has 0 amide bonds. The van der Waals surface area contributed by atoms with Gasteiger partial charge in [0.15, 0.2) is 9.84 Å². The Morgan fingerprint density at radius 1 is 1.55 bits per heavy atom. The lowest BCUT2D eigenvalue weighted by Crippen LogP contribution is -2.03. The maximum absolute atomic E-state index is 11.3. The van der Waals surface area contributed by atoms with Crippen molar-refractivity contribution in [1.82, 2.24) is 0 Å². The molecule has 0 aliphatic rings. The number of hydrogen-bond donors (Lipinski definition) is 0. The molecule has 0 spiro atoms. The summed E-state index contributed by atoms with van der Waals surface area (Å²) in [6, 6.07) is 1.67. The summed E-state index contributed by atoms with van der Waals surface area (Å²) in [5.74, 6) is 0.185. The van der Waals surface area contributed by atoms with Crippen LogP contribution in [-0.2, 0) is 9.84 Å². The van der Waals surface area contributed by atoms with Crippen LogP contribution in [0.2, 0.25) is 0 Å². The SMILES string of the molecule is CCS(=O)(=O)c1ccsc1C. The van der Waals surface area contributed by atoms with E-state index in [1.54, 1.807) is 18.4 Å². The van der Waals surface area contributed by atoms with Crippen molar-refractivity contribution in [3.63, 3.8) is 0 Å². The first-order chi connectivity index (χ1) is 5.08. The molecule has 0 fully saturated rings. The lowest BCUT2D eigenvalue weighted by molar-refractivity contribution is 0.597. The lowest BCUT2D eigenvalue weighted by atomic mass is 10.5. The second kappa shape index (κ2) is 2.95. The zero-order chi connectivity index (χ0) is 8.48. The van der Waals surface area contributed by atoms with Crippen LogP contribution < -0.4 is 0 Å². The molecule has 0 aliphatic carbocycles. The Hall–Kier alpha value is -0.350. The molecule has 0 bridgehead atoms. The molecule has 62 valence electrons. The molecular weight excluding hydrogens is 180 g/mol. The average molecular weight is 190 g/mol. The molecule has 1 aromatic heterocycles. The third-order valence-electron chi connectivity index (χ3n) is 1.53. The van der Waals surface area contributed by atoms with Gasteiger partial charge in [0.1, 0.15) is 0 Å². The highest BCUT2D eigenvalue weighted by atomic mass is 32.2. The van der Waals surface area contributed by atoms with E-state index >= 15 is 0 Å². The highest BCUT2D eigenvalue weighted by molar-refractivity contribution is 7.91. The second-order valence-electron chi connectivity index (χ2n) is 2.24. The van der Waals surface area contributed by atoms with Gasteiger partial charge in [-0.05, 0) is 18.4 Å². The van der Waals surface area contributed by atoms with Crippen molar-refractivity contribution >= 4 is 21.2 Å². The molecule has 1 heterocycles. The fourth-order valence-electron chi connectivity index (χ4n) is 0.851. The molecule has 0 N–H and O–H groups in total. The van der Waals surface area contributed by atoms with Crippen LogP contribution in [0.4, 0.5) is 0 Å². The van der Waals surface area contributed by atoms with Crippen molar-refractivity contribution in [2.45, 2.75) is 18.7 Å². The van der Waals surface area contributed by atoms with Gasteiger partial charge < -0.3 is 0 Å². The summed E-state index contributed by atoms with van der Waals surface area (Å²) in [6.45, 7) is 3.49. The van der Waals surface area contributed by atoms with Gasteiger partial charge in [-0.15, -0.1) is 11.3 Å². The molecule has 0 aromatic carbocycles. The molecule has 0 unspecified atom stereocenters. The molecule has 1 aromatic rings. The van der Waals surface area contributed by atoms with Crippen LogP contribution in [0.5, 0.6) is 0 Å². The van der Waals surface area contributed by atoms with E-state index in [0.29, 0.717) is 4.90 Å². The Morgan fingerprint density at radius 2 is 2.18 bits per heavy atom. The minimum atomic E-state index is -2.98. The largest absolute Gasteiger partial charge is 0.224 e. The van der Waals surface area contributed by atoms with Crippen molar-refractivity contribution < 1.29 is 8.42 Å². The van der Waals surface area contributed by atoms with Gasteiger partial charge in [0.2, 0.25) is 0 Å². The maximum Gasteiger partial charge on any atom is 0.179 e. The van der Waals surface area contributed by atoms with E-state index in [2.05, 4.69) is 0 Å². The van der Waals surface area contributed by atoms with Crippen LogP contribution in [0.3, 0.4) is 0 Å². The van der Waals surface area contributed by atoms with Gasteiger partial charge in [-0.1, -0.05) is 6.92 Å². The minimum absolute atomic E-state index is 0.185. The quantitative estimate of drug-likeness (QED) is 0.713. The number of sulfone groups is 1. The molecule has 0 saturated carbocycles. The van der Waals surface area contributed by atoms with E-state index < -0.39 is 9.84 Å². The number of thiophene rings is 1. The standard InChI is InChI=1S/C7H10O2S2/c1-3-11(8,9)7-4-5-10-6(7)2/h4-5H,3H2,1-2H3. The van der Waals surface area contributed by atoms with Gasteiger partial charge in [0, 0.05) is 4.88 Å². The fourth-order valence-corrected chi connectivity index (χ4v) is 3.08. The van der Waals surface area contributed by atoms with Crippen LogP contribution in [0, 0.1) is 6.92 Å². The Bertz CT molecular complexity index is 335. The summed E-state index contributed by atoms with van der Waals surface area (Å²) >= 11 is 1.47. The Morgan fingerprint density at radius 3 is 2.55 bits per heavy atom. The summed E-state index contributed by atoms with van der Waals surface area (Å²) < 4.78 is 22.6. The monoisotopic (exact) mass is 190 g/mol. The van der Waals surface area contributed by atoms with E-state index in [0.717, 1.165) is 4.88 Å². The van der Waals surface area contributed by atoms with Crippen LogP contribution in [-0.4, -0.2) is 14.2 Å². The summed E-state index contributed by atoms with van der Waals surface area (Å²) in [5, 5.41) is 1.80. The van der Waals surface area contributed by atoms with Gasteiger partial charge in [-0.25, -0.2) is 8.42 Å². The first-order valence-electron chi connectivity index (χ1n) is 3.35. The third-order valence-corrected chi connectivity index (χ3v) is 4.37. The number of aryl methyl sites for hydroxylation is 1. The average Bonchev–Trinajstić information content (AvgIpc) is 2.36. The van der Waals surface area contributed by atoms with Crippen LogP contribution in [0.25, 0.3) is 0 Å². The van der Waals surface area contributed by atoms with Crippen molar-refractivity contribution in [2.24, 2.45) is 0 Å². The van der Waals surface area contributed by atoms with Gasteiger partial charge in [0.05, 0.1) is 10.6 Å². The zero-order valence-corrected chi connectivity index (χ0v) is 8.13. The summed E-state index contributed by atoms with van der Waals surface area (Å²) in [4.78, 5) is 1.37. The smallest absolute Gasteiger partial charge is 0.179 e. The highest BCUT2D eigenvalue weighted by Gasteiger charge is 2.14.